The molecule has 160 valence electrons. The molecule has 1 fully saturated rings. The van der Waals surface area contributed by atoms with E-state index in [2.05, 4.69) is 29.3 Å². The van der Waals surface area contributed by atoms with Crippen molar-refractivity contribution >= 4 is 77.8 Å². The second-order valence-corrected chi connectivity index (χ2v) is 7.82. The highest BCUT2D eigenvalue weighted by atomic mass is 35.5. The molecule has 1 saturated heterocycles. The molecule has 3 rings (SSSR count). The van der Waals surface area contributed by atoms with E-state index in [0.717, 1.165) is 10.6 Å². The Morgan fingerprint density at radius 2 is 1.90 bits per heavy atom. The van der Waals surface area contributed by atoms with Gasteiger partial charge in [0.2, 0.25) is 5.91 Å². The molecule has 30 heavy (non-hydrogen) atoms. The van der Waals surface area contributed by atoms with Gasteiger partial charge in [-0.3, -0.25) is 14.8 Å². The quantitative estimate of drug-likeness (QED) is 0.331. The van der Waals surface area contributed by atoms with Crippen LogP contribution in [0, 0.1) is 0 Å². The van der Waals surface area contributed by atoms with Gasteiger partial charge in [-0.15, -0.1) is 11.8 Å². The highest BCUT2D eigenvalue weighted by molar-refractivity contribution is 8.00. The van der Waals surface area contributed by atoms with Crippen molar-refractivity contribution < 1.29 is 9.53 Å². The largest absolute Gasteiger partial charge is 0.378 e. The van der Waals surface area contributed by atoms with Crippen molar-refractivity contribution in [3.05, 3.63) is 52.0 Å². The van der Waals surface area contributed by atoms with Crippen molar-refractivity contribution in [3.63, 3.8) is 0 Å². The Labute approximate surface area is 196 Å². The molecule has 0 aliphatic carbocycles. The van der Waals surface area contributed by atoms with E-state index in [9.17, 15) is 4.79 Å². The predicted molar refractivity (Wildman–Crippen MR) is 132 cm³/mol. The first-order valence-corrected chi connectivity index (χ1v) is 11.7. The Kier molecular flexibility index (Phi) is 10.7. The van der Waals surface area contributed by atoms with Crippen LogP contribution in [0.5, 0.6) is 0 Å². The monoisotopic (exact) mass is 483 g/mol. The first-order valence-electron chi connectivity index (χ1n) is 9.10. The van der Waals surface area contributed by atoms with Gasteiger partial charge in [-0.25, -0.2) is 0 Å². The molecule has 5 nitrogen and oxygen atoms in total. The van der Waals surface area contributed by atoms with Gasteiger partial charge in [0.25, 0.3) is 0 Å². The van der Waals surface area contributed by atoms with Crippen LogP contribution in [0.4, 0.5) is 11.4 Å². The number of thiol groups is 1. The number of aliphatic imine (C=N–C) groups is 2. The zero-order valence-electron chi connectivity index (χ0n) is 16.6. The summed E-state index contributed by atoms with van der Waals surface area (Å²) >= 11 is 17.3. The number of nitrogens with zero attached hydrogens (tertiary/aromatic N) is 3. The summed E-state index contributed by atoms with van der Waals surface area (Å²) in [6, 6.07) is 10.8. The first kappa shape index (κ1) is 24.8. The standard InChI is InChI=1S/C20H19Cl2N3O2S.CH4S/c1-23-18-6-5-14(24-12-15-16(21)3-2-4-17(15)22)11-19(18)28-13-20(26)25-7-9-27-10-8-25;1-2/h2-6,11-12H,1,7-10,13H2;2H,1H3. The summed E-state index contributed by atoms with van der Waals surface area (Å²) in [5.74, 6) is 0.409. The molecule has 0 bridgehead atoms. The Balaban J connectivity index is 0.00000155. The van der Waals surface area contributed by atoms with E-state index in [-0.39, 0.29) is 5.91 Å². The van der Waals surface area contributed by atoms with Crippen LogP contribution in [0.1, 0.15) is 5.56 Å². The van der Waals surface area contributed by atoms with E-state index in [1.54, 1.807) is 30.7 Å². The van der Waals surface area contributed by atoms with Crippen LogP contribution in [0.3, 0.4) is 0 Å². The van der Waals surface area contributed by atoms with E-state index >= 15 is 0 Å². The van der Waals surface area contributed by atoms with E-state index < -0.39 is 0 Å². The number of halogens is 2. The number of ether oxygens (including phenoxy) is 1. The number of morpholine rings is 1. The molecule has 0 unspecified atom stereocenters. The number of carbonyl (C=O) groups excluding carboxylic acids is 1. The summed E-state index contributed by atoms with van der Waals surface area (Å²) in [4.78, 5) is 23.6. The van der Waals surface area contributed by atoms with Gasteiger partial charge in [0.1, 0.15) is 0 Å². The molecule has 1 aliphatic rings. The normalized spacial score (nSPS) is 13.7. The van der Waals surface area contributed by atoms with Gasteiger partial charge in [-0.2, -0.15) is 12.6 Å². The van der Waals surface area contributed by atoms with E-state index in [1.165, 1.54) is 11.8 Å². The molecule has 0 aromatic heterocycles. The van der Waals surface area contributed by atoms with Gasteiger partial charge in [0.15, 0.2) is 0 Å². The van der Waals surface area contributed by atoms with Crippen LogP contribution >= 0.6 is 47.6 Å². The molecule has 1 amide bonds. The van der Waals surface area contributed by atoms with E-state index in [0.29, 0.717) is 53.4 Å². The van der Waals surface area contributed by atoms with Crippen LogP contribution < -0.4 is 0 Å². The van der Waals surface area contributed by atoms with Gasteiger partial charge in [-0.05, 0) is 43.3 Å². The average Bonchev–Trinajstić information content (AvgIpc) is 2.79. The molecule has 1 heterocycles. The Hall–Kier alpha value is -1.51. The van der Waals surface area contributed by atoms with Gasteiger partial charge >= 0.3 is 0 Å². The molecule has 9 heteroatoms. The molecule has 1 aliphatic heterocycles. The minimum absolute atomic E-state index is 0.0834. The van der Waals surface area contributed by atoms with Gasteiger partial charge in [0, 0.05) is 29.8 Å². The van der Waals surface area contributed by atoms with Gasteiger partial charge in [0.05, 0.1) is 40.4 Å². The van der Waals surface area contributed by atoms with Gasteiger partial charge < -0.3 is 9.64 Å². The number of thioether (sulfide) groups is 1. The maximum absolute atomic E-state index is 12.4. The number of hydrogen-bond donors (Lipinski definition) is 1. The Morgan fingerprint density at radius 1 is 1.23 bits per heavy atom. The minimum atomic E-state index is 0.0834. The second kappa shape index (κ2) is 13.0. The zero-order valence-corrected chi connectivity index (χ0v) is 19.8. The van der Waals surface area contributed by atoms with Crippen LogP contribution in [-0.2, 0) is 9.53 Å². The number of hydrogen-bond acceptors (Lipinski definition) is 6. The van der Waals surface area contributed by atoms with Crippen LogP contribution in [0.25, 0.3) is 0 Å². The lowest BCUT2D eigenvalue weighted by Crippen LogP contribution is -2.41. The Morgan fingerprint density at radius 3 is 2.53 bits per heavy atom. The molecule has 0 spiro atoms. The fraction of sp³-hybridized carbons (Fsp3) is 0.286. The SMILES string of the molecule is C=Nc1ccc(N=Cc2c(Cl)cccc2Cl)cc1SCC(=O)N1CCOCC1.CS. The van der Waals surface area contributed by atoms with Crippen molar-refractivity contribution in [2.45, 2.75) is 4.90 Å². The number of benzene rings is 2. The summed E-state index contributed by atoms with van der Waals surface area (Å²) in [5, 5.41) is 1.07. The van der Waals surface area contributed by atoms with E-state index in [1.807, 2.05) is 23.1 Å². The minimum Gasteiger partial charge on any atom is -0.378 e. The number of rotatable bonds is 6. The molecule has 0 atom stereocenters. The third kappa shape index (κ3) is 7.03. The summed E-state index contributed by atoms with van der Waals surface area (Å²) in [5.41, 5.74) is 2.09. The number of carbonyl (C=O) groups is 1. The van der Waals surface area contributed by atoms with Crippen LogP contribution in [0.2, 0.25) is 10.0 Å². The molecular weight excluding hydrogens is 461 g/mol. The fourth-order valence-corrected chi connectivity index (χ4v) is 4.09. The van der Waals surface area contributed by atoms with Crippen molar-refractivity contribution in [3.8, 4) is 0 Å². The third-order valence-corrected chi connectivity index (χ3v) is 5.86. The van der Waals surface area contributed by atoms with E-state index in [4.69, 9.17) is 27.9 Å². The van der Waals surface area contributed by atoms with Crippen LogP contribution in [-0.4, -0.2) is 62.1 Å². The van der Waals surface area contributed by atoms with Crippen molar-refractivity contribution in [1.82, 2.24) is 4.90 Å². The number of amides is 1. The molecular formula is C21H23Cl2N3O2S2. The smallest absolute Gasteiger partial charge is 0.233 e. The lowest BCUT2D eigenvalue weighted by atomic mass is 10.2. The molecule has 2 aromatic rings. The zero-order chi connectivity index (χ0) is 21.9. The van der Waals surface area contributed by atoms with Crippen LogP contribution in [0.15, 0.2) is 51.3 Å². The third-order valence-electron chi connectivity index (χ3n) is 4.17. The maximum Gasteiger partial charge on any atom is 0.233 e. The first-order chi connectivity index (χ1) is 14.6. The average molecular weight is 484 g/mol. The molecule has 0 saturated carbocycles. The van der Waals surface area contributed by atoms with Gasteiger partial charge in [-0.1, -0.05) is 29.3 Å². The summed E-state index contributed by atoms with van der Waals surface area (Å²) in [6.07, 6.45) is 3.33. The molecule has 0 radical (unpaired) electrons. The summed E-state index contributed by atoms with van der Waals surface area (Å²) in [6.45, 7) is 6.05. The molecule has 0 N–H and O–H groups in total. The van der Waals surface area contributed by atoms with Crippen molar-refractivity contribution in [2.24, 2.45) is 9.98 Å². The lowest BCUT2D eigenvalue weighted by Gasteiger charge is -2.26. The topological polar surface area (TPSA) is 54.3 Å². The second-order valence-electron chi connectivity index (χ2n) is 5.99. The Bertz CT molecular complexity index is 884. The van der Waals surface area contributed by atoms with Crippen molar-refractivity contribution in [2.75, 3.05) is 38.3 Å². The fourth-order valence-electron chi connectivity index (χ4n) is 2.65. The van der Waals surface area contributed by atoms with Crippen molar-refractivity contribution in [1.29, 1.82) is 0 Å². The highest BCUT2D eigenvalue weighted by Gasteiger charge is 2.17. The lowest BCUT2D eigenvalue weighted by molar-refractivity contribution is -0.132. The highest BCUT2D eigenvalue weighted by Crippen LogP contribution is 2.33. The maximum atomic E-state index is 12.4. The summed E-state index contributed by atoms with van der Waals surface area (Å²) in [7, 11) is 0. The summed E-state index contributed by atoms with van der Waals surface area (Å²) < 4.78 is 5.29. The molecule has 2 aromatic carbocycles. The predicted octanol–water partition coefficient (Wildman–Crippen LogP) is 5.57.